The van der Waals surface area contributed by atoms with E-state index in [-0.39, 0.29) is 17.6 Å². The number of aryl methyl sites for hydroxylation is 1. The number of halogens is 3. The molecule has 1 aromatic heterocycles. The lowest BCUT2D eigenvalue weighted by Crippen LogP contribution is -2.50. The molecule has 1 aromatic carbocycles. The van der Waals surface area contributed by atoms with E-state index in [1.54, 1.807) is 19.1 Å². The molecule has 6 nitrogen and oxygen atoms in total. The highest BCUT2D eigenvalue weighted by Gasteiger charge is 2.48. The van der Waals surface area contributed by atoms with E-state index in [1.807, 2.05) is 0 Å². The number of nitrogens with zero attached hydrogens (tertiary/aromatic N) is 1. The van der Waals surface area contributed by atoms with Gasteiger partial charge in [-0.3, -0.25) is 19.3 Å². The lowest BCUT2D eigenvalue weighted by Gasteiger charge is -2.33. The fraction of sp³-hybridized carbons (Fsp3) is 0.435. The summed E-state index contributed by atoms with van der Waals surface area (Å²) in [4.78, 5) is 38.9. The Morgan fingerprint density at radius 1 is 1.03 bits per heavy atom. The summed E-state index contributed by atoms with van der Waals surface area (Å²) in [6.07, 6.45) is -0.764. The molecule has 3 rings (SSSR count). The standard InChI is InChI=1S/C23H26F3N3O3S/c1-14-8-13-19(33-14)20(21(31)28-16-6-4-3-5-7-16)29(22(32)23(24,25)26)18-11-9-17(10-12-18)27-15(2)30/h8-13,16,20H,3-7H2,1-2H3,(H,27,30)(H,28,31). The van der Waals surface area contributed by atoms with Crippen molar-refractivity contribution in [3.05, 3.63) is 46.2 Å². The SMILES string of the molecule is CC(=O)Nc1ccc(N(C(=O)C(F)(F)F)C(C(=O)NC2CCCCC2)c2ccc(C)s2)cc1. The summed E-state index contributed by atoms with van der Waals surface area (Å²) in [6, 6.07) is 7.02. The molecule has 0 saturated heterocycles. The zero-order chi connectivity index (χ0) is 24.2. The fourth-order valence-electron chi connectivity index (χ4n) is 3.93. The maximum Gasteiger partial charge on any atom is 0.471 e. The van der Waals surface area contributed by atoms with E-state index in [9.17, 15) is 27.6 Å². The molecule has 1 aliphatic rings. The van der Waals surface area contributed by atoms with E-state index in [0.717, 1.165) is 37.0 Å². The maximum absolute atomic E-state index is 13.7. The summed E-state index contributed by atoms with van der Waals surface area (Å²) in [6.45, 7) is 3.08. The number of anilines is 2. The number of hydrogen-bond donors (Lipinski definition) is 2. The highest BCUT2D eigenvalue weighted by Crippen LogP contribution is 2.36. The van der Waals surface area contributed by atoms with Crippen LogP contribution in [0.5, 0.6) is 0 Å². The lowest BCUT2D eigenvalue weighted by molar-refractivity contribution is -0.171. The predicted octanol–water partition coefficient (Wildman–Crippen LogP) is 5.10. The number of thiophene rings is 1. The van der Waals surface area contributed by atoms with Crippen molar-refractivity contribution in [2.45, 2.75) is 64.2 Å². The van der Waals surface area contributed by atoms with E-state index >= 15 is 0 Å². The van der Waals surface area contributed by atoms with Crippen molar-refractivity contribution in [2.75, 3.05) is 10.2 Å². The maximum atomic E-state index is 13.7. The number of amides is 3. The number of nitrogens with one attached hydrogen (secondary N) is 2. The molecule has 33 heavy (non-hydrogen) atoms. The van der Waals surface area contributed by atoms with Crippen molar-refractivity contribution >= 4 is 40.4 Å². The van der Waals surface area contributed by atoms with Crippen LogP contribution in [-0.2, 0) is 14.4 Å². The second kappa shape index (κ2) is 10.4. The highest BCUT2D eigenvalue weighted by molar-refractivity contribution is 7.12. The molecule has 1 aliphatic carbocycles. The Labute approximate surface area is 194 Å². The number of hydrogen-bond acceptors (Lipinski definition) is 4. The van der Waals surface area contributed by atoms with Gasteiger partial charge < -0.3 is 10.6 Å². The number of carbonyl (C=O) groups excluding carboxylic acids is 3. The Balaban J connectivity index is 2.03. The summed E-state index contributed by atoms with van der Waals surface area (Å²) in [5.74, 6) is -3.12. The third-order valence-electron chi connectivity index (χ3n) is 5.42. The predicted molar refractivity (Wildman–Crippen MR) is 121 cm³/mol. The summed E-state index contributed by atoms with van der Waals surface area (Å²) in [7, 11) is 0. The second-order valence-corrected chi connectivity index (χ2v) is 9.41. The fourth-order valence-corrected chi connectivity index (χ4v) is 4.90. The van der Waals surface area contributed by atoms with Gasteiger partial charge >= 0.3 is 12.1 Å². The Bertz CT molecular complexity index is 998. The molecule has 1 saturated carbocycles. The Morgan fingerprint density at radius 2 is 1.67 bits per heavy atom. The molecule has 2 aromatic rings. The van der Waals surface area contributed by atoms with Crippen LogP contribution in [0.4, 0.5) is 24.5 Å². The molecule has 10 heteroatoms. The molecule has 0 spiro atoms. The van der Waals surface area contributed by atoms with Crippen LogP contribution in [0.15, 0.2) is 36.4 Å². The van der Waals surface area contributed by atoms with Gasteiger partial charge in [-0.1, -0.05) is 19.3 Å². The largest absolute Gasteiger partial charge is 0.471 e. The van der Waals surface area contributed by atoms with Crippen molar-refractivity contribution in [1.29, 1.82) is 0 Å². The number of alkyl halides is 3. The summed E-state index contributed by atoms with van der Waals surface area (Å²) in [5, 5.41) is 5.40. The van der Waals surface area contributed by atoms with E-state index in [4.69, 9.17) is 0 Å². The average molecular weight is 482 g/mol. The van der Waals surface area contributed by atoms with Gasteiger partial charge in [-0.15, -0.1) is 11.3 Å². The van der Waals surface area contributed by atoms with Gasteiger partial charge in [0.2, 0.25) is 11.8 Å². The van der Waals surface area contributed by atoms with Gasteiger partial charge in [-0.25, -0.2) is 0 Å². The van der Waals surface area contributed by atoms with Crippen molar-refractivity contribution in [3.8, 4) is 0 Å². The first-order valence-electron chi connectivity index (χ1n) is 10.7. The normalized spacial score (nSPS) is 15.5. The third kappa shape index (κ3) is 6.34. The summed E-state index contributed by atoms with van der Waals surface area (Å²) >= 11 is 1.17. The molecule has 0 aliphatic heterocycles. The van der Waals surface area contributed by atoms with Crippen LogP contribution in [0.25, 0.3) is 0 Å². The quantitative estimate of drug-likeness (QED) is 0.603. The molecule has 2 N–H and O–H groups in total. The summed E-state index contributed by atoms with van der Waals surface area (Å²) in [5.41, 5.74) is 0.266. The zero-order valence-corrected chi connectivity index (χ0v) is 19.2. The lowest BCUT2D eigenvalue weighted by atomic mass is 9.95. The van der Waals surface area contributed by atoms with E-state index in [2.05, 4.69) is 10.6 Å². The molecule has 1 atom stereocenters. The van der Waals surface area contributed by atoms with Crippen molar-refractivity contribution in [2.24, 2.45) is 0 Å². The van der Waals surface area contributed by atoms with E-state index in [0.29, 0.717) is 15.5 Å². The van der Waals surface area contributed by atoms with Gasteiger partial charge in [-0.05, 0) is 56.2 Å². The molecule has 3 amide bonds. The number of rotatable bonds is 6. The van der Waals surface area contributed by atoms with Crippen molar-refractivity contribution < 1.29 is 27.6 Å². The van der Waals surface area contributed by atoms with E-state index < -0.39 is 24.0 Å². The molecular formula is C23H26F3N3O3S. The number of carbonyl (C=O) groups is 3. The molecular weight excluding hydrogens is 455 g/mol. The van der Waals surface area contributed by atoms with Gasteiger partial charge in [0.25, 0.3) is 0 Å². The monoisotopic (exact) mass is 481 g/mol. The van der Waals surface area contributed by atoms with E-state index in [1.165, 1.54) is 42.5 Å². The Kier molecular flexibility index (Phi) is 7.78. The Hall–Kier alpha value is -2.88. The smallest absolute Gasteiger partial charge is 0.351 e. The van der Waals surface area contributed by atoms with Crippen LogP contribution >= 0.6 is 11.3 Å². The molecule has 1 fully saturated rings. The molecule has 0 bridgehead atoms. The second-order valence-electron chi connectivity index (χ2n) is 8.10. The van der Waals surface area contributed by atoms with Gasteiger partial charge in [0.05, 0.1) is 0 Å². The third-order valence-corrected chi connectivity index (χ3v) is 6.47. The highest BCUT2D eigenvalue weighted by atomic mass is 32.1. The van der Waals surface area contributed by atoms with Gasteiger partial charge in [0.15, 0.2) is 6.04 Å². The minimum atomic E-state index is -5.19. The van der Waals surface area contributed by atoms with Crippen LogP contribution in [-0.4, -0.2) is 29.9 Å². The van der Waals surface area contributed by atoms with Crippen LogP contribution < -0.4 is 15.5 Å². The minimum Gasteiger partial charge on any atom is -0.351 e. The van der Waals surface area contributed by atoms with Crippen molar-refractivity contribution in [1.82, 2.24) is 5.32 Å². The molecule has 1 heterocycles. The first-order chi connectivity index (χ1) is 15.6. The van der Waals surface area contributed by atoms with Crippen LogP contribution in [0, 0.1) is 6.92 Å². The minimum absolute atomic E-state index is 0.0960. The van der Waals surface area contributed by atoms with Gasteiger partial charge in [0.1, 0.15) is 0 Å². The molecule has 0 radical (unpaired) electrons. The van der Waals surface area contributed by atoms with Crippen LogP contribution in [0.1, 0.15) is 54.8 Å². The molecule has 1 unspecified atom stereocenters. The first kappa shape index (κ1) is 24.8. The first-order valence-corrected chi connectivity index (χ1v) is 11.5. The Morgan fingerprint density at radius 3 is 2.18 bits per heavy atom. The average Bonchev–Trinajstić information content (AvgIpc) is 3.17. The van der Waals surface area contributed by atoms with Gasteiger partial charge in [0, 0.05) is 34.1 Å². The number of benzene rings is 1. The van der Waals surface area contributed by atoms with Crippen molar-refractivity contribution in [3.63, 3.8) is 0 Å². The molecule has 178 valence electrons. The van der Waals surface area contributed by atoms with Crippen LogP contribution in [0.2, 0.25) is 0 Å². The zero-order valence-electron chi connectivity index (χ0n) is 18.4. The van der Waals surface area contributed by atoms with Crippen LogP contribution in [0.3, 0.4) is 0 Å². The van der Waals surface area contributed by atoms with Gasteiger partial charge in [-0.2, -0.15) is 13.2 Å². The topological polar surface area (TPSA) is 78.5 Å². The summed E-state index contributed by atoms with van der Waals surface area (Å²) < 4.78 is 41.0.